The minimum absolute atomic E-state index is 0.0108. The fourth-order valence-electron chi connectivity index (χ4n) is 2.86. The SMILES string of the molecule is CN(c1ccc(CN(C(=O)C(C)(C)C)c2ccc(F)cc2)cn1)C1CC1. The average molecular weight is 355 g/mol. The predicted molar refractivity (Wildman–Crippen MR) is 103 cm³/mol. The Kier molecular flexibility index (Phi) is 4.99. The third-order valence-corrected chi connectivity index (χ3v) is 4.63. The number of amides is 1. The van der Waals surface area contributed by atoms with Gasteiger partial charge in [0.25, 0.3) is 0 Å². The van der Waals surface area contributed by atoms with Crippen molar-refractivity contribution in [1.29, 1.82) is 0 Å². The highest BCUT2D eigenvalue weighted by molar-refractivity contribution is 5.96. The molecule has 0 unspecified atom stereocenters. The molecule has 1 aromatic carbocycles. The molecule has 1 aromatic heterocycles. The van der Waals surface area contributed by atoms with Crippen LogP contribution in [0.1, 0.15) is 39.2 Å². The fraction of sp³-hybridized carbons (Fsp3) is 0.429. The number of hydrogen-bond acceptors (Lipinski definition) is 3. The lowest BCUT2D eigenvalue weighted by molar-refractivity contribution is -0.125. The Morgan fingerprint density at radius 1 is 1.15 bits per heavy atom. The highest BCUT2D eigenvalue weighted by Gasteiger charge is 2.29. The van der Waals surface area contributed by atoms with Gasteiger partial charge in [-0.15, -0.1) is 0 Å². The number of pyridine rings is 1. The van der Waals surface area contributed by atoms with Gasteiger partial charge in [-0.2, -0.15) is 0 Å². The van der Waals surface area contributed by atoms with E-state index in [4.69, 9.17) is 0 Å². The van der Waals surface area contributed by atoms with Crippen molar-refractivity contribution in [1.82, 2.24) is 4.98 Å². The van der Waals surface area contributed by atoms with Crippen LogP contribution >= 0.6 is 0 Å². The third kappa shape index (κ3) is 4.21. The van der Waals surface area contributed by atoms with Crippen molar-refractivity contribution in [2.45, 2.75) is 46.2 Å². The molecule has 3 rings (SSSR count). The molecular weight excluding hydrogens is 329 g/mol. The maximum atomic E-state index is 13.3. The Hall–Kier alpha value is -2.43. The van der Waals surface area contributed by atoms with E-state index in [1.54, 1.807) is 17.0 Å². The van der Waals surface area contributed by atoms with Crippen LogP contribution in [0.5, 0.6) is 0 Å². The summed E-state index contributed by atoms with van der Waals surface area (Å²) < 4.78 is 13.3. The molecule has 0 atom stereocenters. The van der Waals surface area contributed by atoms with E-state index >= 15 is 0 Å². The number of nitrogens with zero attached hydrogens (tertiary/aromatic N) is 3. The first kappa shape index (κ1) is 18.4. The van der Waals surface area contributed by atoms with Crippen molar-refractivity contribution in [3.05, 3.63) is 54.0 Å². The molecular formula is C21H26FN3O. The van der Waals surface area contributed by atoms with Crippen LogP contribution in [0.15, 0.2) is 42.6 Å². The highest BCUT2D eigenvalue weighted by atomic mass is 19.1. The Morgan fingerprint density at radius 2 is 1.81 bits per heavy atom. The van der Waals surface area contributed by atoms with E-state index in [1.165, 1.54) is 25.0 Å². The molecule has 1 aliphatic carbocycles. The maximum absolute atomic E-state index is 13.3. The van der Waals surface area contributed by atoms with E-state index in [2.05, 4.69) is 16.9 Å². The summed E-state index contributed by atoms with van der Waals surface area (Å²) in [6, 6.07) is 10.6. The van der Waals surface area contributed by atoms with Gasteiger partial charge in [-0.1, -0.05) is 26.8 Å². The molecule has 0 N–H and O–H groups in total. The number of anilines is 2. The van der Waals surface area contributed by atoms with Crippen LogP contribution < -0.4 is 9.80 Å². The summed E-state index contributed by atoms with van der Waals surface area (Å²) in [5, 5.41) is 0. The summed E-state index contributed by atoms with van der Waals surface area (Å²) in [6.45, 7) is 6.07. The number of rotatable bonds is 5. The first-order chi connectivity index (χ1) is 12.3. The van der Waals surface area contributed by atoms with Gasteiger partial charge in [0.15, 0.2) is 0 Å². The zero-order valence-corrected chi connectivity index (χ0v) is 15.9. The number of benzene rings is 1. The van der Waals surface area contributed by atoms with E-state index in [0.29, 0.717) is 18.3 Å². The first-order valence-electron chi connectivity index (χ1n) is 9.01. The van der Waals surface area contributed by atoms with Gasteiger partial charge in [0.2, 0.25) is 5.91 Å². The molecule has 0 radical (unpaired) electrons. The van der Waals surface area contributed by atoms with Gasteiger partial charge in [-0.25, -0.2) is 9.37 Å². The number of hydrogen-bond donors (Lipinski definition) is 0. The third-order valence-electron chi connectivity index (χ3n) is 4.63. The smallest absolute Gasteiger partial charge is 0.232 e. The lowest BCUT2D eigenvalue weighted by atomic mass is 9.94. The van der Waals surface area contributed by atoms with Gasteiger partial charge < -0.3 is 9.80 Å². The molecule has 0 bridgehead atoms. The van der Waals surface area contributed by atoms with E-state index in [-0.39, 0.29) is 11.7 Å². The van der Waals surface area contributed by atoms with Crippen molar-refractivity contribution in [3.63, 3.8) is 0 Å². The fourth-order valence-corrected chi connectivity index (χ4v) is 2.86. The second-order valence-electron chi connectivity index (χ2n) is 7.98. The number of aromatic nitrogens is 1. The Balaban J connectivity index is 1.83. The second-order valence-corrected chi connectivity index (χ2v) is 7.98. The van der Waals surface area contributed by atoms with E-state index in [0.717, 1.165) is 11.4 Å². The minimum atomic E-state index is -0.534. The average Bonchev–Trinajstić information content (AvgIpc) is 3.44. The summed E-state index contributed by atoms with van der Waals surface area (Å²) in [5.41, 5.74) is 1.10. The summed E-state index contributed by atoms with van der Waals surface area (Å²) in [4.78, 5) is 21.4. The summed E-state index contributed by atoms with van der Waals surface area (Å²) in [5.74, 6) is 0.626. The first-order valence-corrected chi connectivity index (χ1v) is 9.01. The number of halogens is 1. The zero-order valence-electron chi connectivity index (χ0n) is 15.9. The molecule has 1 amide bonds. The molecule has 2 aromatic rings. The van der Waals surface area contributed by atoms with Crippen molar-refractivity contribution < 1.29 is 9.18 Å². The molecule has 1 fully saturated rings. The largest absolute Gasteiger partial charge is 0.357 e. The summed E-state index contributed by atoms with van der Waals surface area (Å²) in [7, 11) is 2.06. The summed E-state index contributed by atoms with van der Waals surface area (Å²) >= 11 is 0. The van der Waals surface area contributed by atoms with Crippen molar-refractivity contribution in [3.8, 4) is 0 Å². The number of carbonyl (C=O) groups excluding carboxylic acids is 1. The van der Waals surface area contributed by atoms with Crippen LogP contribution in [0.25, 0.3) is 0 Å². The van der Waals surface area contributed by atoms with Crippen molar-refractivity contribution in [2.24, 2.45) is 5.41 Å². The Bertz CT molecular complexity index is 761. The molecule has 4 nitrogen and oxygen atoms in total. The molecule has 0 aliphatic heterocycles. The molecule has 0 spiro atoms. The van der Waals surface area contributed by atoms with E-state index < -0.39 is 5.41 Å². The molecule has 1 saturated carbocycles. The Morgan fingerprint density at radius 3 is 2.31 bits per heavy atom. The lowest BCUT2D eigenvalue weighted by Crippen LogP contribution is -2.39. The van der Waals surface area contributed by atoms with Crippen LogP contribution in [0.2, 0.25) is 0 Å². The molecule has 26 heavy (non-hydrogen) atoms. The molecule has 5 heteroatoms. The van der Waals surface area contributed by atoms with Gasteiger partial charge in [-0.3, -0.25) is 4.79 Å². The predicted octanol–water partition coefficient (Wildman–Crippen LogP) is 4.40. The second kappa shape index (κ2) is 7.06. The van der Waals surface area contributed by atoms with Crippen molar-refractivity contribution >= 4 is 17.4 Å². The van der Waals surface area contributed by atoms with Gasteiger partial charge in [-0.05, 0) is 48.7 Å². The molecule has 1 aliphatic rings. The summed E-state index contributed by atoms with van der Waals surface area (Å²) in [6.07, 6.45) is 4.26. The molecule has 138 valence electrons. The monoisotopic (exact) mass is 355 g/mol. The zero-order chi connectivity index (χ0) is 18.9. The number of carbonyl (C=O) groups is 1. The van der Waals surface area contributed by atoms with Crippen LogP contribution in [0.4, 0.5) is 15.9 Å². The van der Waals surface area contributed by atoms with Crippen LogP contribution in [-0.4, -0.2) is 24.0 Å². The standard InChI is InChI=1S/C21H26FN3O/c1-21(2,3)20(26)25(18-8-6-16(22)7-9-18)14-15-5-12-19(23-13-15)24(4)17-10-11-17/h5-9,12-13,17H,10-11,14H2,1-4H3. The lowest BCUT2D eigenvalue weighted by Gasteiger charge is -2.30. The van der Waals surface area contributed by atoms with Gasteiger partial charge >= 0.3 is 0 Å². The van der Waals surface area contributed by atoms with Gasteiger partial charge in [0, 0.05) is 30.4 Å². The molecule has 1 heterocycles. The van der Waals surface area contributed by atoms with Crippen LogP contribution in [0, 0.1) is 11.2 Å². The van der Waals surface area contributed by atoms with E-state index in [1.807, 2.05) is 39.1 Å². The normalized spacial score (nSPS) is 14.2. The van der Waals surface area contributed by atoms with Crippen LogP contribution in [0.3, 0.4) is 0 Å². The van der Waals surface area contributed by atoms with Crippen LogP contribution in [-0.2, 0) is 11.3 Å². The quantitative estimate of drug-likeness (QED) is 0.798. The molecule has 0 saturated heterocycles. The van der Waals surface area contributed by atoms with Crippen molar-refractivity contribution in [2.75, 3.05) is 16.8 Å². The highest BCUT2D eigenvalue weighted by Crippen LogP contribution is 2.29. The minimum Gasteiger partial charge on any atom is -0.357 e. The van der Waals surface area contributed by atoms with Gasteiger partial charge in [0.05, 0.1) is 6.54 Å². The van der Waals surface area contributed by atoms with E-state index in [9.17, 15) is 9.18 Å². The topological polar surface area (TPSA) is 36.4 Å². The maximum Gasteiger partial charge on any atom is 0.232 e. The van der Waals surface area contributed by atoms with Gasteiger partial charge in [0.1, 0.15) is 11.6 Å². The Labute approximate surface area is 154 Å².